The lowest BCUT2D eigenvalue weighted by molar-refractivity contribution is 1.11. The van der Waals surface area contributed by atoms with Crippen LogP contribution in [-0.2, 0) is 12.8 Å². The molecule has 0 aliphatic heterocycles. The molecule has 0 radical (unpaired) electrons. The van der Waals surface area contributed by atoms with Gasteiger partial charge < -0.3 is 0 Å². The highest BCUT2D eigenvalue weighted by molar-refractivity contribution is 5.33. The van der Waals surface area contributed by atoms with Crippen molar-refractivity contribution >= 4 is 0 Å². The summed E-state index contributed by atoms with van der Waals surface area (Å²) in [6, 6.07) is 17.5. The van der Waals surface area contributed by atoms with E-state index in [2.05, 4.69) is 62.4 Å². The van der Waals surface area contributed by atoms with Gasteiger partial charge in [0, 0.05) is 0 Å². The molecule has 0 nitrogen and oxygen atoms in total. The van der Waals surface area contributed by atoms with Gasteiger partial charge in [-0.25, -0.2) is 0 Å². The first-order chi connectivity index (χ1) is 7.79. The SMILES string of the molecule is CCc1ccc(Cc2ccccc2C)cc1. The van der Waals surface area contributed by atoms with Crippen LogP contribution in [0.1, 0.15) is 29.2 Å². The van der Waals surface area contributed by atoms with Crippen LogP contribution in [0, 0.1) is 6.92 Å². The number of rotatable bonds is 3. The molecular formula is C16H18. The Morgan fingerprint density at radius 3 is 2.06 bits per heavy atom. The van der Waals surface area contributed by atoms with Crippen molar-refractivity contribution in [1.82, 2.24) is 0 Å². The van der Waals surface area contributed by atoms with E-state index >= 15 is 0 Å². The molecule has 0 heterocycles. The molecule has 0 N–H and O–H groups in total. The van der Waals surface area contributed by atoms with Crippen LogP contribution in [0.2, 0.25) is 0 Å². The van der Waals surface area contributed by atoms with E-state index in [4.69, 9.17) is 0 Å². The van der Waals surface area contributed by atoms with Crippen LogP contribution >= 0.6 is 0 Å². The Hall–Kier alpha value is -1.56. The molecule has 0 saturated carbocycles. The minimum Gasteiger partial charge on any atom is -0.0620 e. The van der Waals surface area contributed by atoms with Crippen molar-refractivity contribution in [1.29, 1.82) is 0 Å². The van der Waals surface area contributed by atoms with E-state index in [-0.39, 0.29) is 0 Å². The lowest BCUT2D eigenvalue weighted by Crippen LogP contribution is -1.91. The summed E-state index contributed by atoms with van der Waals surface area (Å²) in [6.07, 6.45) is 2.15. The predicted octanol–water partition coefficient (Wildman–Crippen LogP) is 4.15. The van der Waals surface area contributed by atoms with E-state index in [1.807, 2.05) is 0 Å². The van der Waals surface area contributed by atoms with E-state index in [1.165, 1.54) is 22.3 Å². The summed E-state index contributed by atoms with van der Waals surface area (Å²) in [5.74, 6) is 0. The van der Waals surface area contributed by atoms with Gasteiger partial charge in [0.15, 0.2) is 0 Å². The van der Waals surface area contributed by atoms with Gasteiger partial charge in [-0.15, -0.1) is 0 Å². The van der Waals surface area contributed by atoms with Crippen LogP contribution in [0.5, 0.6) is 0 Å². The molecule has 16 heavy (non-hydrogen) atoms. The van der Waals surface area contributed by atoms with E-state index in [9.17, 15) is 0 Å². The second-order valence-electron chi connectivity index (χ2n) is 4.27. The molecule has 2 aromatic carbocycles. The van der Waals surface area contributed by atoms with Crippen LogP contribution < -0.4 is 0 Å². The summed E-state index contributed by atoms with van der Waals surface area (Å²) in [7, 11) is 0. The third-order valence-corrected chi connectivity index (χ3v) is 3.09. The number of aryl methyl sites for hydroxylation is 2. The van der Waals surface area contributed by atoms with E-state index < -0.39 is 0 Å². The number of hydrogen-bond donors (Lipinski definition) is 0. The van der Waals surface area contributed by atoms with Gasteiger partial charge in [0.2, 0.25) is 0 Å². The Morgan fingerprint density at radius 1 is 0.812 bits per heavy atom. The smallest absolute Gasteiger partial charge is 0.00231 e. The van der Waals surface area contributed by atoms with Crippen molar-refractivity contribution < 1.29 is 0 Å². The molecular weight excluding hydrogens is 192 g/mol. The largest absolute Gasteiger partial charge is 0.0620 e. The van der Waals surface area contributed by atoms with Gasteiger partial charge in [-0.3, -0.25) is 0 Å². The minimum atomic E-state index is 1.04. The topological polar surface area (TPSA) is 0 Å². The molecule has 0 heteroatoms. The molecule has 0 aliphatic carbocycles. The lowest BCUT2D eigenvalue weighted by Gasteiger charge is -2.06. The summed E-state index contributed by atoms with van der Waals surface area (Å²) < 4.78 is 0. The van der Waals surface area contributed by atoms with Crippen LogP contribution in [0.3, 0.4) is 0 Å². The number of hydrogen-bond acceptors (Lipinski definition) is 0. The van der Waals surface area contributed by atoms with Crippen molar-refractivity contribution in [2.45, 2.75) is 26.7 Å². The van der Waals surface area contributed by atoms with Crippen molar-refractivity contribution in [2.75, 3.05) is 0 Å². The fourth-order valence-corrected chi connectivity index (χ4v) is 1.92. The molecule has 0 saturated heterocycles. The number of benzene rings is 2. The van der Waals surface area contributed by atoms with Gasteiger partial charge in [0.05, 0.1) is 0 Å². The third-order valence-electron chi connectivity index (χ3n) is 3.09. The molecule has 2 aromatic rings. The first-order valence-corrected chi connectivity index (χ1v) is 5.92. The van der Waals surface area contributed by atoms with Crippen molar-refractivity contribution in [2.24, 2.45) is 0 Å². The minimum absolute atomic E-state index is 1.04. The maximum Gasteiger partial charge on any atom is -0.00231 e. The van der Waals surface area contributed by atoms with Gasteiger partial charge in [-0.1, -0.05) is 55.5 Å². The van der Waals surface area contributed by atoms with Gasteiger partial charge in [0.1, 0.15) is 0 Å². The van der Waals surface area contributed by atoms with Crippen molar-refractivity contribution in [3.8, 4) is 0 Å². The van der Waals surface area contributed by atoms with E-state index in [1.54, 1.807) is 0 Å². The molecule has 0 aromatic heterocycles. The van der Waals surface area contributed by atoms with Crippen molar-refractivity contribution in [3.63, 3.8) is 0 Å². The fraction of sp³-hybridized carbons (Fsp3) is 0.250. The summed E-state index contributed by atoms with van der Waals surface area (Å²) in [5, 5.41) is 0. The average molecular weight is 210 g/mol. The standard InChI is InChI=1S/C16H18/c1-3-14-8-10-15(11-9-14)12-16-7-5-4-6-13(16)2/h4-11H,3,12H2,1-2H3. The third kappa shape index (κ3) is 2.52. The molecule has 0 unspecified atom stereocenters. The Kier molecular flexibility index (Phi) is 3.40. The monoisotopic (exact) mass is 210 g/mol. The fourth-order valence-electron chi connectivity index (χ4n) is 1.92. The second-order valence-corrected chi connectivity index (χ2v) is 4.27. The zero-order chi connectivity index (χ0) is 11.4. The second kappa shape index (κ2) is 4.98. The summed E-state index contributed by atoms with van der Waals surface area (Å²) in [5.41, 5.74) is 5.61. The highest BCUT2D eigenvalue weighted by Crippen LogP contribution is 2.14. The summed E-state index contributed by atoms with van der Waals surface area (Å²) >= 11 is 0. The van der Waals surface area contributed by atoms with Crippen molar-refractivity contribution in [3.05, 3.63) is 70.8 Å². The quantitative estimate of drug-likeness (QED) is 0.714. The Morgan fingerprint density at radius 2 is 1.44 bits per heavy atom. The first-order valence-electron chi connectivity index (χ1n) is 5.92. The highest BCUT2D eigenvalue weighted by atomic mass is 14.0. The van der Waals surface area contributed by atoms with Crippen LogP contribution in [-0.4, -0.2) is 0 Å². The van der Waals surface area contributed by atoms with Gasteiger partial charge in [-0.2, -0.15) is 0 Å². The molecule has 2 rings (SSSR count). The molecule has 0 bridgehead atoms. The summed E-state index contributed by atoms with van der Waals surface area (Å²) in [4.78, 5) is 0. The zero-order valence-electron chi connectivity index (χ0n) is 10.0. The van der Waals surface area contributed by atoms with Gasteiger partial charge >= 0.3 is 0 Å². The van der Waals surface area contributed by atoms with Gasteiger partial charge in [0.25, 0.3) is 0 Å². The Balaban J connectivity index is 2.18. The Bertz CT molecular complexity index is 452. The normalized spacial score (nSPS) is 10.4. The van der Waals surface area contributed by atoms with E-state index in [0.29, 0.717) is 0 Å². The maximum absolute atomic E-state index is 2.24. The first kappa shape index (κ1) is 10.9. The molecule has 82 valence electrons. The lowest BCUT2D eigenvalue weighted by atomic mass is 9.99. The molecule has 0 amide bonds. The molecule has 0 fully saturated rings. The predicted molar refractivity (Wildman–Crippen MR) is 69.8 cm³/mol. The molecule has 0 atom stereocenters. The Labute approximate surface area is 97.9 Å². The molecule has 0 spiro atoms. The maximum atomic E-state index is 2.24. The zero-order valence-corrected chi connectivity index (χ0v) is 10.0. The summed E-state index contributed by atoms with van der Waals surface area (Å²) in [6.45, 7) is 4.37. The van der Waals surface area contributed by atoms with Crippen LogP contribution in [0.4, 0.5) is 0 Å². The molecule has 0 aliphatic rings. The van der Waals surface area contributed by atoms with Crippen LogP contribution in [0.25, 0.3) is 0 Å². The van der Waals surface area contributed by atoms with Gasteiger partial charge in [-0.05, 0) is 42.0 Å². The van der Waals surface area contributed by atoms with E-state index in [0.717, 1.165) is 12.8 Å². The average Bonchev–Trinajstić information content (AvgIpc) is 2.33. The van der Waals surface area contributed by atoms with Crippen LogP contribution in [0.15, 0.2) is 48.5 Å². The highest BCUT2D eigenvalue weighted by Gasteiger charge is 1.99.